The zero-order chi connectivity index (χ0) is 18.9. The Kier molecular flexibility index (Phi) is 4.16. The topological polar surface area (TPSA) is 73.0 Å². The molecule has 1 fully saturated rings. The number of carbonyl (C=O) groups is 1. The van der Waals surface area contributed by atoms with E-state index in [0.717, 1.165) is 46.8 Å². The van der Waals surface area contributed by atoms with Gasteiger partial charge in [-0.25, -0.2) is 9.67 Å². The molecule has 0 bridgehead atoms. The second kappa shape index (κ2) is 6.96. The predicted octanol–water partition coefficient (Wildman–Crippen LogP) is 4.46. The number of anilines is 1. The lowest BCUT2D eigenvalue weighted by atomic mass is 10.2. The van der Waals surface area contributed by atoms with Crippen molar-refractivity contribution in [1.29, 1.82) is 0 Å². The first kappa shape index (κ1) is 16.7. The normalized spacial score (nSPS) is 13.7. The molecule has 140 valence electrons. The highest BCUT2D eigenvalue weighted by atomic mass is 16.3. The van der Waals surface area contributed by atoms with Crippen LogP contribution >= 0.6 is 0 Å². The highest BCUT2D eigenvalue weighted by Crippen LogP contribution is 2.40. The smallest absolute Gasteiger partial charge is 0.224 e. The van der Waals surface area contributed by atoms with Crippen molar-refractivity contribution < 1.29 is 9.21 Å². The van der Waals surface area contributed by atoms with E-state index < -0.39 is 0 Å². The largest absolute Gasteiger partial charge is 0.440 e. The van der Waals surface area contributed by atoms with Gasteiger partial charge in [-0.3, -0.25) is 4.79 Å². The van der Waals surface area contributed by atoms with Crippen LogP contribution in [-0.4, -0.2) is 20.7 Å². The van der Waals surface area contributed by atoms with Crippen molar-refractivity contribution in [3.8, 4) is 5.69 Å². The molecule has 6 heteroatoms. The fourth-order valence-electron chi connectivity index (χ4n) is 3.22. The van der Waals surface area contributed by atoms with Gasteiger partial charge in [-0.15, -0.1) is 0 Å². The van der Waals surface area contributed by atoms with Crippen LogP contribution in [0.2, 0.25) is 0 Å². The van der Waals surface area contributed by atoms with Gasteiger partial charge in [0.05, 0.1) is 11.9 Å². The minimum atomic E-state index is -0.0299. The molecule has 0 atom stereocenters. The first-order valence-electron chi connectivity index (χ1n) is 9.54. The van der Waals surface area contributed by atoms with Gasteiger partial charge in [-0.2, -0.15) is 5.10 Å². The van der Waals surface area contributed by atoms with Crippen LogP contribution < -0.4 is 5.32 Å². The highest BCUT2D eigenvalue weighted by molar-refractivity contribution is 5.92. The molecule has 1 saturated carbocycles. The number of nitrogens with one attached hydrogen (secondary N) is 1. The molecule has 6 nitrogen and oxygen atoms in total. The third-order valence-corrected chi connectivity index (χ3v) is 4.91. The van der Waals surface area contributed by atoms with Gasteiger partial charge < -0.3 is 9.73 Å². The molecule has 1 amide bonds. The van der Waals surface area contributed by atoms with Crippen LogP contribution in [0.15, 0.2) is 65.3 Å². The van der Waals surface area contributed by atoms with Crippen LogP contribution in [0, 0.1) is 0 Å². The third-order valence-electron chi connectivity index (χ3n) is 4.91. The van der Waals surface area contributed by atoms with Crippen LogP contribution in [0.1, 0.15) is 36.6 Å². The van der Waals surface area contributed by atoms with E-state index in [0.29, 0.717) is 18.8 Å². The molecule has 0 radical (unpaired) electrons. The molecular formula is C22H20N4O2. The standard InChI is InChI=1S/C22H20N4O2/c27-21(11-6-15-13-23-26(14-15)18-4-2-1-3-5-18)24-17-9-10-20-19(12-17)25-22(28-20)16-7-8-16/h1-5,9-10,12-14,16H,6-8,11H2,(H,24,27). The monoisotopic (exact) mass is 372 g/mol. The van der Waals surface area contributed by atoms with Gasteiger partial charge in [0.15, 0.2) is 11.5 Å². The van der Waals surface area contributed by atoms with Crippen molar-refractivity contribution in [1.82, 2.24) is 14.8 Å². The van der Waals surface area contributed by atoms with Crippen LogP contribution in [-0.2, 0) is 11.2 Å². The molecule has 1 aliphatic carbocycles. The van der Waals surface area contributed by atoms with Crippen LogP contribution in [0.25, 0.3) is 16.8 Å². The van der Waals surface area contributed by atoms with Gasteiger partial charge in [-0.1, -0.05) is 18.2 Å². The van der Waals surface area contributed by atoms with Crippen molar-refractivity contribution in [2.75, 3.05) is 5.32 Å². The number of para-hydroxylation sites is 1. The second-order valence-corrected chi connectivity index (χ2v) is 7.19. The highest BCUT2D eigenvalue weighted by Gasteiger charge is 2.28. The SMILES string of the molecule is O=C(CCc1cnn(-c2ccccc2)c1)Nc1ccc2oc(C3CC3)nc2c1. The van der Waals surface area contributed by atoms with Gasteiger partial charge in [0, 0.05) is 24.2 Å². The average molecular weight is 372 g/mol. The maximum Gasteiger partial charge on any atom is 0.224 e. The second-order valence-electron chi connectivity index (χ2n) is 7.19. The fraction of sp³-hybridized carbons (Fsp3) is 0.227. The van der Waals surface area contributed by atoms with Crippen LogP contribution in [0.3, 0.4) is 0 Å². The summed E-state index contributed by atoms with van der Waals surface area (Å²) in [5, 5.41) is 7.32. The van der Waals surface area contributed by atoms with Crippen LogP contribution in [0.5, 0.6) is 0 Å². The van der Waals surface area contributed by atoms with Crippen molar-refractivity contribution >= 4 is 22.7 Å². The number of hydrogen-bond acceptors (Lipinski definition) is 4. The first-order chi connectivity index (χ1) is 13.7. The quantitative estimate of drug-likeness (QED) is 0.542. The number of hydrogen-bond donors (Lipinski definition) is 1. The van der Waals surface area contributed by atoms with Crippen LogP contribution in [0.4, 0.5) is 5.69 Å². The number of aromatic nitrogens is 3. The van der Waals surface area contributed by atoms with E-state index in [4.69, 9.17) is 4.42 Å². The first-order valence-corrected chi connectivity index (χ1v) is 9.54. The summed E-state index contributed by atoms with van der Waals surface area (Å²) in [4.78, 5) is 16.9. The van der Waals surface area contributed by atoms with E-state index in [9.17, 15) is 4.79 Å². The van der Waals surface area contributed by atoms with Gasteiger partial charge in [0.1, 0.15) is 5.52 Å². The predicted molar refractivity (Wildman–Crippen MR) is 106 cm³/mol. The Balaban J connectivity index is 1.20. The van der Waals surface area contributed by atoms with Gasteiger partial charge in [-0.05, 0) is 55.2 Å². The Bertz CT molecular complexity index is 1130. The van der Waals surface area contributed by atoms with Crippen molar-refractivity contribution in [3.63, 3.8) is 0 Å². The number of nitrogens with zero attached hydrogens (tertiary/aromatic N) is 3. The number of carbonyl (C=O) groups excluding carboxylic acids is 1. The van der Waals surface area contributed by atoms with Crippen molar-refractivity contribution in [2.24, 2.45) is 0 Å². The number of benzene rings is 2. The Morgan fingerprint density at radius 1 is 1.18 bits per heavy atom. The minimum Gasteiger partial charge on any atom is -0.440 e. The zero-order valence-corrected chi connectivity index (χ0v) is 15.3. The average Bonchev–Trinajstić information content (AvgIpc) is 3.31. The molecule has 1 N–H and O–H groups in total. The summed E-state index contributed by atoms with van der Waals surface area (Å²) in [6, 6.07) is 15.5. The number of fused-ring (bicyclic) bond motifs is 1. The van der Waals surface area contributed by atoms with E-state index in [1.165, 1.54) is 0 Å². The number of aryl methyl sites for hydroxylation is 1. The summed E-state index contributed by atoms with van der Waals surface area (Å²) < 4.78 is 7.59. The summed E-state index contributed by atoms with van der Waals surface area (Å²) >= 11 is 0. The molecule has 0 aliphatic heterocycles. The Morgan fingerprint density at radius 3 is 2.86 bits per heavy atom. The van der Waals surface area contributed by atoms with E-state index >= 15 is 0 Å². The molecule has 2 aromatic carbocycles. The molecular weight excluding hydrogens is 352 g/mol. The summed E-state index contributed by atoms with van der Waals surface area (Å²) in [7, 11) is 0. The van der Waals surface area contributed by atoms with E-state index in [-0.39, 0.29) is 5.91 Å². The van der Waals surface area contributed by atoms with Gasteiger partial charge in [0.2, 0.25) is 5.91 Å². The Hall–Kier alpha value is -3.41. The number of oxazole rings is 1. The van der Waals surface area contributed by atoms with E-state index in [2.05, 4.69) is 15.4 Å². The van der Waals surface area contributed by atoms with Gasteiger partial charge in [0.25, 0.3) is 0 Å². The summed E-state index contributed by atoms with van der Waals surface area (Å²) in [6.45, 7) is 0. The maximum atomic E-state index is 12.3. The summed E-state index contributed by atoms with van der Waals surface area (Å²) in [6.07, 6.45) is 7.10. The van der Waals surface area contributed by atoms with Crippen molar-refractivity contribution in [2.45, 2.75) is 31.6 Å². The maximum absolute atomic E-state index is 12.3. The zero-order valence-electron chi connectivity index (χ0n) is 15.3. The Morgan fingerprint density at radius 2 is 2.04 bits per heavy atom. The molecule has 4 aromatic rings. The third kappa shape index (κ3) is 3.53. The van der Waals surface area contributed by atoms with Crippen molar-refractivity contribution in [3.05, 3.63) is 72.4 Å². The molecule has 2 heterocycles. The molecule has 0 unspecified atom stereocenters. The minimum absolute atomic E-state index is 0.0299. The van der Waals surface area contributed by atoms with Gasteiger partial charge >= 0.3 is 0 Å². The Labute approximate surface area is 162 Å². The lowest BCUT2D eigenvalue weighted by Crippen LogP contribution is -2.12. The fourth-order valence-corrected chi connectivity index (χ4v) is 3.22. The molecule has 5 rings (SSSR count). The number of rotatable bonds is 6. The molecule has 0 spiro atoms. The van der Waals surface area contributed by atoms with E-state index in [1.54, 1.807) is 6.20 Å². The summed E-state index contributed by atoms with van der Waals surface area (Å²) in [5.41, 5.74) is 4.34. The molecule has 28 heavy (non-hydrogen) atoms. The summed E-state index contributed by atoms with van der Waals surface area (Å²) in [5.74, 6) is 1.26. The molecule has 2 aromatic heterocycles. The lowest BCUT2D eigenvalue weighted by molar-refractivity contribution is -0.116. The molecule has 0 saturated heterocycles. The lowest BCUT2D eigenvalue weighted by Gasteiger charge is -2.04. The number of amides is 1. The molecule has 1 aliphatic rings. The van der Waals surface area contributed by atoms with E-state index in [1.807, 2.05) is 59.4 Å².